The molecule has 1 saturated carbocycles. The summed E-state index contributed by atoms with van der Waals surface area (Å²) < 4.78 is 17.5. The Labute approximate surface area is 129 Å². The zero-order valence-electron chi connectivity index (χ0n) is 13.1. The van der Waals surface area contributed by atoms with E-state index in [2.05, 4.69) is 6.92 Å². The van der Waals surface area contributed by atoms with Gasteiger partial charge >= 0.3 is 0 Å². The van der Waals surface area contributed by atoms with Gasteiger partial charge in [-0.15, -0.1) is 0 Å². The van der Waals surface area contributed by atoms with Gasteiger partial charge in [0.25, 0.3) is 0 Å². The first-order valence-electron chi connectivity index (χ1n) is 8.53. The second-order valence-corrected chi connectivity index (χ2v) is 7.89. The Morgan fingerprint density at radius 3 is 2.68 bits per heavy atom. The maximum absolute atomic E-state index is 10.5. The first kappa shape index (κ1) is 14.1. The smallest absolute Gasteiger partial charge is 0.201 e. The summed E-state index contributed by atoms with van der Waals surface area (Å²) in [6, 6.07) is 0. The van der Waals surface area contributed by atoms with Crippen LogP contribution in [0.15, 0.2) is 0 Å². The number of rotatable bonds is 1. The predicted molar refractivity (Wildman–Crippen MR) is 73.1 cm³/mol. The van der Waals surface area contributed by atoms with E-state index in [0.717, 1.165) is 25.7 Å². The van der Waals surface area contributed by atoms with Crippen LogP contribution in [0.25, 0.3) is 0 Å². The molecule has 6 nitrogen and oxygen atoms in total. The number of epoxide rings is 1. The molecule has 1 unspecified atom stereocenters. The Balaban J connectivity index is 1.61. The maximum atomic E-state index is 10.5. The Morgan fingerprint density at radius 1 is 1.09 bits per heavy atom. The van der Waals surface area contributed by atoms with Crippen molar-refractivity contribution in [1.29, 1.82) is 0 Å². The van der Waals surface area contributed by atoms with E-state index in [1.54, 1.807) is 0 Å². The Morgan fingerprint density at radius 2 is 1.91 bits per heavy atom. The van der Waals surface area contributed by atoms with Crippen molar-refractivity contribution < 1.29 is 29.1 Å². The number of ether oxygens (including phenoxy) is 3. The molecule has 1 N–H and O–H groups in total. The van der Waals surface area contributed by atoms with Crippen LogP contribution in [-0.4, -0.2) is 41.8 Å². The number of fused-ring (bicyclic) bond motifs is 2. The van der Waals surface area contributed by atoms with Crippen molar-refractivity contribution in [2.24, 2.45) is 23.7 Å². The molecule has 1 aliphatic carbocycles. The van der Waals surface area contributed by atoms with Gasteiger partial charge in [0.2, 0.25) is 5.79 Å². The molecule has 5 saturated heterocycles. The standard InChI is InChI=1S/C16H24O6/c1-8-3-4-10-12(11-7-18-11)13(17)19-14-16(10)9(8)5-6-15(2,20-14)21-22-16/h8-14,17H,3-7H2,1-2H3/t8-,9+,10+,11?,12+,13+,14-,15-,16-/m1/s1. The Hall–Kier alpha value is -0.240. The Bertz CT molecular complexity index is 481. The highest BCUT2D eigenvalue weighted by atomic mass is 17.3. The van der Waals surface area contributed by atoms with E-state index in [-0.39, 0.29) is 17.9 Å². The van der Waals surface area contributed by atoms with Crippen LogP contribution in [0.4, 0.5) is 0 Å². The van der Waals surface area contributed by atoms with Gasteiger partial charge in [-0.2, -0.15) is 0 Å². The second-order valence-electron chi connectivity index (χ2n) is 7.89. The largest absolute Gasteiger partial charge is 0.373 e. The van der Waals surface area contributed by atoms with Crippen molar-refractivity contribution in [3.63, 3.8) is 0 Å². The molecule has 9 atom stereocenters. The van der Waals surface area contributed by atoms with E-state index in [1.807, 2.05) is 6.92 Å². The van der Waals surface area contributed by atoms with Crippen LogP contribution in [0, 0.1) is 23.7 Å². The molecule has 0 aromatic carbocycles. The summed E-state index contributed by atoms with van der Waals surface area (Å²) in [6.07, 6.45) is 2.58. The summed E-state index contributed by atoms with van der Waals surface area (Å²) in [4.78, 5) is 11.8. The van der Waals surface area contributed by atoms with Gasteiger partial charge in [-0.3, -0.25) is 0 Å². The van der Waals surface area contributed by atoms with E-state index in [1.165, 1.54) is 0 Å². The summed E-state index contributed by atoms with van der Waals surface area (Å²) in [5.74, 6) is 0.180. The summed E-state index contributed by atoms with van der Waals surface area (Å²) in [6.45, 7) is 4.87. The summed E-state index contributed by atoms with van der Waals surface area (Å²) in [5, 5.41) is 10.5. The van der Waals surface area contributed by atoms with Crippen LogP contribution in [0.5, 0.6) is 0 Å². The molecule has 0 aromatic heterocycles. The van der Waals surface area contributed by atoms with Crippen LogP contribution >= 0.6 is 0 Å². The van der Waals surface area contributed by atoms with E-state index in [0.29, 0.717) is 18.4 Å². The van der Waals surface area contributed by atoms with E-state index < -0.39 is 24.0 Å². The van der Waals surface area contributed by atoms with Gasteiger partial charge in [0, 0.05) is 18.3 Å². The van der Waals surface area contributed by atoms with Crippen molar-refractivity contribution in [2.45, 2.75) is 69.6 Å². The van der Waals surface area contributed by atoms with Crippen LogP contribution in [-0.2, 0) is 24.0 Å². The van der Waals surface area contributed by atoms with Crippen molar-refractivity contribution in [3.05, 3.63) is 0 Å². The van der Waals surface area contributed by atoms with Crippen molar-refractivity contribution >= 4 is 0 Å². The molecule has 6 fully saturated rings. The lowest BCUT2D eigenvalue weighted by Gasteiger charge is -2.60. The van der Waals surface area contributed by atoms with Gasteiger partial charge < -0.3 is 19.3 Å². The molecule has 0 amide bonds. The predicted octanol–water partition coefficient (Wildman–Crippen LogP) is 1.57. The number of hydrogen-bond acceptors (Lipinski definition) is 6. The number of aliphatic hydroxyl groups excluding tert-OH is 1. The van der Waals surface area contributed by atoms with E-state index >= 15 is 0 Å². The molecule has 6 rings (SSSR count). The third kappa shape index (κ3) is 1.71. The first-order valence-corrected chi connectivity index (χ1v) is 8.53. The molecule has 1 spiro atoms. The Kier molecular flexibility index (Phi) is 2.85. The fourth-order valence-corrected chi connectivity index (χ4v) is 5.39. The summed E-state index contributed by atoms with van der Waals surface area (Å²) >= 11 is 0. The summed E-state index contributed by atoms with van der Waals surface area (Å²) in [7, 11) is 0. The molecule has 22 heavy (non-hydrogen) atoms. The van der Waals surface area contributed by atoms with Gasteiger partial charge in [-0.05, 0) is 38.0 Å². The van der Waals surface area contributed by atoms with E-state index in [4.69, 9.17) is 24.0 Å². The first-order chi connectivity index (χ1) is 10.5. The third-order valence-electron chi connectivity index (χ3n) is 6.62. The SMILES string of the molecule is C[C@@H]1CC[C@H]2[C@@H](C3CO3)[C@@H](O)O[C@@H]3O[C@@]4(C)CC[C@@H]1[C@]32OO4. The highest BCUT2D eigenvalue weighted by Crippen LogP contribution is 2.61. The fraction of sp³-hybridized carbons (Fsp3) is 1.00. The van der Waals surface area contributed by atoms with Crippen LogP contribution < -0.4 is 0 Å². The van der Waals surface area contributed by atoms with Gasteiger partial charge in [0.05, 0.1) is 12.7 Å². The quantitative estimate of drug-likeness (QED) is 0.585. The van der Waals surface area contributed by atoms with Crippen LogP contribution in [0.3, 0.4) is 0 Å². The van der Waals surface area contributed by atoms with Crippen molar-refractivity contribution in [3.8, 4) is 0 Å². The molecular weight excluding hydrogens is 288 g/mol. The maximum Gasteiger partial charge on any atom is 0.201 e. The minimum atomic E-state index is -0.853. The molecule has 0 aromatic rings. The fourth-order valence-electron chi connectivity index (χ4n) is 5.39. The molecule has 6 heteroatoms. The highest BCUT2D eigenvalue weighted by molar-refractivity contribution is 5.11. The highest BCUT2D eigenvalue weighted by Gasteiger charge is 2.71. The number of aliphatic hydroxyl groups is 1. The molecular formula is C16H24O6. The second kappa shape index (κ2) is 4.43. The van der Waals surface area contributed by atoms with E-state index in [9.17, 15) is 5.11 Å². The minimum Gasteiger partial charge on any atom is -0.373 e. The zero-order valence-corrected chi connectivity index (χ0v) is 13.1. The number of hydrogen-bond donors (Lipinski definition) is 1. The average molecular weight is 312 g/mol. The normalized spacial score (nSPS) is 63.1. The monoisotopic (exact) mass is 312 g/mol. The molecule has 6 aliphatic rings. The summed E-state index contributed by atoms with van der Waals surface area (Å²) in [5.41, 5.74) is -0.608. The average Bonchev–Trinajstić information content (AvgIpc) is 3.30. The van der Waals surface area contributed by atoms with Gasteiger partial charge in [-0.1, -0.05) is 6.92 Å². The minimum absolute atomic E-state index is 0.0547. The van der Waals surface area contributed by atoms with Gasteiger partial charge in [0.15, 0.2) is 18.2 Å². The lowest BCUT2D eigenvalue weighted by molar-refractivity contribution is -0.577. The van der Waals surface area contributed by atoms with Crippen LogP contribution in [0.1, 0.15) is 39.5 Å². The van der Waals surface area contributed by atoms with Gasteiger partial charge in [0.1, 0.15) is 0 Å². The molecule has 2 bridgehead atoms. The molecule has 0 radical (unpaired) electrons. The molecule has 124 valence electrons. The molecule has 5 aliphatic heterocycles. The lowest BCUT2D eigenvalue weighted by Crippen LogP contribution is -2.71. The topological polar surface area (TPSA) is 69.7 Å². The third-order valence-corrected chi connectivity index (χ3v) is 6.62. The van der Waals surface area contributed by atoms with Crippen LogP contribution in [0.2, 0.25) is 0 Å². The lowest BCUT2D eigenvalue weighted by atomic mass is 9.57. The molecule has 5 heterocycles. The van der Waals surface area contributed by atoms with Crippen molar-refractivity contribution in [2.75, 3.05) is 6.61 Å². The zero-order chi connectivity index (χ0) is 15.1. The van der Waals surface area contributed by atoms with Crippen molar-refractivity contribution in [1.82, 2.24) is 0 Å². The van der Waals surface area contributed by atoms with Gasteiger partial charge in [-0.25, -0.2) is 9.78 Å².